The fraction of sp³-hybridized carbons (Fsp3) is 0.750. The SMILES string of the molecule is C=CCN(CC(=O)O)C(=O)NCC1(CC(C)C)CCCC1. The molecule has 1 aliphatic carbocycles. The minimum absolute atomic E-state index is 0.187. The van der Waals surface area contributed by atoms with Crippen LogP contribution in [-0.2, 0) is 4.79 Å². The van der Waals surface area contributed by atoms with E-state index in [1.54, 1.807) is 6.08 Å². The first-order valence-corrected chi connectivity index (χ1v) is 7.74. The largest absolute Gasteiger partial charge is 0.480 e. The van der Waals surface area contributed by atoms with Crippen LogP contribution in [0.1, 0.15) is 46.0 Å². The summed E-state index contributed by atoms with van der Waals surface area (Å²) in [4.78, 5) is 24.2. The number of rotatable bonds is 8. The lowest BCUT2D eigenvalue weighted by atomic mass is 9.78. The molecular formula is C16H28N2O3. The van der Waals surface area contributed by atoms with Crippen LogP contribution < -0.4 is 5.32 Å². The zero-order chi connectivity index (χ0) is 15.9. The molecular weight excluding hydrogens is 268 g/mol. The molecule has 2 amide bonds. The summed E-state index contributed by atoms with van der Waals surface area (Å²) in [6, 6.07) is -0.313. The Labute approximate surface area is 127 Å². The van der Waals surface area contributed by atoms with Gasteiger partial charge in [0, 0.05) is 13.1 Å². The molecule has 5 heteroatoms. The van der Waals surface area contributed by atoms with Gasteiger partial charge in [-0.25, -0.2) is 4.79 Å². The van der Waals surface area contributed by atoms with E-state index in [1.165, 1.54) is 17.7 Å². The van der Waals surface area contributed by atoms with Crippen molar-refractivity contribution in [3.63, 3.8) is 0 Å². The second-order valence-corrected chi connectivity index (χ2v) is 6.53. The Hall–Kier alpha value is -1.52. The number of carbonyl (C=O) groups is 2. The van der Waals surface area contributed by atoms with Gasteiger partial charge in [0.25, 0.3) is 0 Å². The van der Waals surface area contributed by atoms with Crippen molar-refractivity contribution in [3.05, 3.63) is 12.7 Å². The maximum atomic E-state index is 12.2. The zero-order valence-electron chi connectivity index (χ0n) is 13.2. The summed E-state index contributed by atoms with van der Waals surface area (Å²) in [5.41, 5.74) is 0.187. The summed E-state index contributed by atoms with van der Waals surface area (Å²) in [6.07, 6.45) is 7.37. The third-order valence-electron chi connectivity index (χ3n) is 4.08. The van der Waals surface area contributed by atoms with Crippen molar-refractivity contribution in [2.45, 2.75) is 46.0 Å². The Balaban J connectivity index is 2.58. The van der Waals surface area contributed by atoms with Gasteiger partial charge in [-0.15, -0.1) is 6.58 Å². The molecule has 120 valence electrons. The van der Waals surface area contributed by atoms with E-state index in [4.69, 9.17) is 5.11 Å². The Morgan fingerprint density at radius 1 is 1.38 bits per heavy atom. The Bertz CT molecular complexity index is 374. The number of carboxylic acids is 1. The van der Waals surface area contributed by atoms with Gasteiger partial charge in [-0.1, -0.05) is 32.8 Å². The maximum Gasteiger partial charge on any atom is 0.323 e. The monoisotopic (exact) mass is 296 g/mol. The molecule has 0 heterocycles. The molecule has 2 N–H and O–H groups in total. The Morgan fingerprint density at radius 3 is 2.48 bits per heavy atom. The second-order valence-electron chi connectivity index (χ2n) is 6.53. The molecule has 1 saturated carbocycles. The van der Waals surface area contributed by atoms with Crippen LogP contribution in [0, 0.1) is 11.3 Å². The fourth-order valence-corrected chi connectivity index (χ4v) is 3.36. The quantitative estimate of drug-likeness (QED) is 0.677. The summed E-state index contributed by atoms with van der Waals surface area (Å²) < 4.78 is 0. The van der Waals surface area contributed by atoms with Crippen LogP contribution in [0.25, 0.3) is 0 Å². The molecule has 0 spiro atoms. The molecule has 0 atom stereocenters. The maximum absolute atomic E-state index is 12.2. The van der Waals surface area contributed by atoms with Crippen LogP contribution in [0.4, 0.5) is 4.79 Å². The van der Waals surface area contributed by atoms with Crippen LogP contribution in [0.5, 0.6) is 0 Å². The molecule has 0 radical (unpaired) electrons. The van der Waals surface area contributed by atoms with Crippen molar-refractivity contribution in [3.8, 4) is 0 Å². The van der Waals surface area contributed by atoms with Gasteiger partial charge in [0.15, 0.2) is 0 Å². The smallest absolute Gasteiger partial charge is 0.323 e. The average molecular weight is 296 g/mol. The number of amides is 2. The predicted octanol–water partition coefficient (Wildman–Crippen LogP) is 2.88. The van der Waals surface area contributed by atoms with Gasteiger partial charge in [0.2, 0.25) is 0 Å². The molecule has 0 unspecified atom stereocenters. The van der Waals surface area contributed by atoms with Gasteiger partial charge >= 0.3 is 12.0 Å². The number of urea groups is 1. The number of carbonyl (C=O) groups excluding carboxylic acids is 1. The molecule has 1 rings (SSSR count). The molecule has 0 aromatic rings. The van der Waals surface area contributed by atoms with Crippen LogP contribution in [0.3, 0.4) is 0 Å². The first-order chi connectivity index (χ1) is 9.88. The summed E-state index contributed by atoms with van der Waals surface area (Å²) in [5.74, 6) is -0.409. The molecule has 0 aliphatic heterocycles. The fourth-order valence-electron chi connectivity index (χ4n) is 3.36. The lowest BCUT2D eigenvalue weighted by molar-refractivity contribution is -0.137. The standard InChI is InChI=1S/C16H28N2O3/c1-4-9-18(11-14(19)20)15(21)17-12-16(10-13(2)3)7-5-6-8-16/h4,13H,1,5-12H2,2-3H3,(H,17,21)(H,19,20). The van der Waals surface area contributed by atoms with Crippen LogP contribution in [0.2, 0.25) is 0 Å². The van der Waals surface area contributed by atoms with Gasteiger partial charge in [-0.2, -0.15) is 0 Å². The number of aliphatic carboxylic acids is 1. The van der Waals surface area contributed by atoms with E-state index in [0.29, 0.717) is 12.5 Å². The summed E-state index contributed by atoms with van der Waals surface area (Å²) in [6.45, 7) is 8.56. The topological polar surface area (TPSA) is 69.6 Å². The Morgan fingerprint density at radius 2 is 2.00 bits per heavy atom. The van der Waals surface area contributed by atoms with E-state index < -0.39 is 5.97 Å². The van der Waals surface area contributed by atoms with Crippen LogP contribution >= 0.6 is 0 Å². The minimum Gasteiger partial charge on any atom is -0.480 e. The molecule has 0 saturated heterocycles. The van der Waals surface area contributed by atoms with E-state index in [9.17, 15) is 9.59 Å². The lowest BCUT2D eigenvalue weighted by Crippen LogP contribution is -2.46. The first-order valence-electron chi connectivity index (χ1n) is 7.74. The molecule has 0 aromatic heterocycles. The minimum atomic E-state index is -1.01. The van der Waals surface area contributed by atoms with Crippen molar-refractivity contribution in [1.29, 1.82) is 0 Å². The van der Waals surface area contributed by atoms with Gasteiger partial charge < -0.3 is 15.3 Å². The Kier molecular flexibility index (Phi) is 6.72. The van der Waals surface area contributed by atoms with Crippen molar-refractivity contribution >= 4 is 12.0 Å². The first kappa shape index (κ1) is 17.5. The number of nitrogens with one attached hydrogen (secondary N) is 1. The normalized spacial score (nSPS) is 16.7. The highest BCUT2D eigenvalue weighted by Crippen LogP contribution is 2.42. The summed E-state index contributed by atoms with van der Waals surface area (Å²) >= 11 is 0. The van der Waals surface area contributed by atoms with Crippen molar-refractivity contribution in [2.75, 3.05) is 19.6 Å². The number of carboxylic acid groups (broad SMARTS) is 1. The highest BCUT2D eigenvalue weighted by atomic mass is 16.4. The molecule has 0 aromatic carbocycles. The second kappa shape index (κ2) is 8.05. The van der Waals surface area contributed by atoms with Gasteiger partial charge in [-0.3, -0.25) is 4.79 Å². The molecule has 21 heavy (non-hydrogen) atoms. The molecule has 1 aliphatic rings. The average Bonchev–Trinajstić information content (AvgIpc) is 2.83. The predicted molar refractivity (Wildman–Crippen MR) is 83.2 cm³/mol. The van der Waals surface area contributed by atoms with Crippen molar-refractivity contribution < 1.29 is 14.7 Å². The highest BCUT2D eigenvalue weighted by Gasteiger charge is 2.35. The van der Waals surface area contributed by atoms with Crippen LogP contribution in [0.15, 0.2) is 12.7 Å². The summed E-state index contributed by atoms with van der Waals surface area (Å²) in [7, 11) is 0. The zero-order valence-corrected chi connectivity index (χ0v) is 13.2. The van der Waals surface area contributed by atoms with Crippen molar-refractivity contribution in [1.82, 2.24) is 10.2 Å². The van der Waals surface area contributed by atoms with Gasteiger partial charge in [-0.05, 0) is 30.6 Å². The van der Waals surface area contributed by atoms with E-state index in [-0.39, 0.29) is 24.5 Å². The number of hydrogen-bond donors (Lipinski definition) is 2. The third kappa shape index (κ3) is 5.78. The highest BCUT2D eigenvalue weighted by molar-refractivity contribution is 5.80. The number of nitrogens with zero attached hydrogens (tertiary/aromatic N) is 1. The molecule has 1 fully saturated rings. The molecule has 0 bridgehead atoms. The van der Waals surface area contributed by atoms with Gasteiger partial charge in [0.1, 0.15) is 6.54 Å². The van der Waals surface area contributed by atoms with E-state index >= 15 is 0 Å². The van der Waals surface area contributed by atoms with Crippen LogP contribution in [-0.4, -0.2) is 41.6 Å². The van der Waals surface area contributed by atoms with E-state index in [1.807, 2.05) is 0 Å². The third-order valence-corrected chi connectivity index (χ3v) is 4.08. The van der Waals surface area contributed by atoms with Gasteiger partial charge in [0.05, 0.1) is 0 Å². The van der Waals surface area contributed by atoms with Crippen molar-refractivity contribution in [2.24, 2.45) is 11.3 Å². The van der Waals surface area contributed by atoms with E-state index in [2.05, 4.69) is 25.7 Å². The summed E-state index contributed by atoms with van der Waals surface area (Å²) in [5, 5.41) is 11.8. The number of hydrogen-bond acceptors (Lipinski definition) is 2. The van der Waals surface area contributed by atoms with E-state index in [0.717, 1.165) is 19.3 Å². The molecule has 5 nitrogen and oxygen atoms in total. The lowest BCUT2D eigenvalue weighted by Gasteiger charge is -2.32.